The maximum Gasteiger partial charge on any atom is 0.225 e. The molecule has 1 aliphatic heterocycles. The Balaban J connectivity index is 1.65. The zero-order valence-electron chi connectivity index (χ0n) is 12.6. The van der Waals surface area contributed by atoms with Gasteiger partial charge in [0, 0.05) is 49.7 Å². The van der Waals surface area contributed by atoms with Gasteiger partial charge in [0.15, 0.2) is 0 Å². The molecule has 1 aliphatic carbocycles. The third-order valence-electron chi connectivity index (χ3n) is 4.23. The minimum absolute atomic E-state index is 0.732. The summed E-state index contributed by atoms with van der Waals surface area (Å²) in [6.07, 6.45) is 5.82. The lowest BCUT2D eigenvalue weighted by atomic mass is 10.2. The molecule has 20 heavy (non-hydrogen) atoms. The first-order valence-electron chi connectivity index (χ1n) is 7.72. The Morgan fingerprint density at radius 1 is 1.25 bits per heavy atom. The van der Waals surface area contributed by atoms with Crippen LogP contribution >= 0.6 is 0 Å². The van der Waals surface area contributed by atoms with E-state index in [1.54, 1.807) is 0 Å². The third kappa shape index (κ3) is 3.46. The van der Waals surface area contributed by atoms with Crippen molar-refractivity contribution in [2.24, 2.45) is 0 Å². The summed E-state index contributed by atoms with van der Waals surface area (Å²) in [4.78, 5) is 14.0. The standard InChI is InChI=1S/C15H25N5/c1-12-13(10-16-14-4-5-14)11-17-15(18-12)20-7-3-6-19(2)8-9-20/h11,14,16H,3-10H2,1-2H3. The van der Waals surface area contributed by atoms with E-state index in [0.29, 0.717) is 0 Å². The van der Waals surface area contributed by atoms with Gasteiger partial charge in [0.25, 0.3) is 0 Å². The SMILES string of the molecule is Cc1nc(N2CCCN(C)CC2)ncc1CNC1CC1. The molecule has 0 unspecified atom stereocenters. The molecule has 0 radical (unpaired) electrons. The highest BCUT2D eigenvalue weighted by molar-refractivity contribution is 5.33. The first-order valence-corrected chi connectivity index (χ1v) is 7.72. The molecule has 5 heteroatoms. The van der Waals surface area contributed by atoms with Crippen LogP contribution in [0.2, 0.25) is 0 Å². The first kappa shape index (κ1) is 13.8. The highest BCUT2D eigenvalue weighted by Gasteiger charge is 2.21. The van der Waals surface area contributed by atoms with Crippen LogP contribution in [-0.2, 0) is 6.54 Å². The van der Waals surface area contributed by atoms with Gasteiger partial charge in [-0.1, -0.05) is 0 Å². The molecule has 0 aromatic carbocycles. The normalized spacial score (nSPS) is 21.0. The number of aromatic nitrogens is 2. The molecular weight excluding hydrogens is 250 g/mol. The fourth-order valence-corrected chi connectivity index (χ4v) is 2.59. The van der Waals surface area contributed by atoms with E-state index in [-0.39, 0.29) is 0 Å². The van der Waals surface area contributed by atoms with Crippen LogP contribution in [0.1, 0.15) is 30.5 Å². The molecule has 5 nitrogen and oxygen atoms in total. The van der Waals surface area contributed by atoms with Crippen molar-refractivity contribution in [1.82, 2.24) is 20.2 Å². The molecule has 1 aromatic heterocycles. The number of aryl methyl sites for hydroxylation is 1. The molecule has 0 bridgehead atoms. The second-order valence-corrected chi connectivity index (χ2v) is 6.08. The lowest BCUT2D eigenvalue weighted by molar-refractivity contribution is 0.360. The van der Waals surface area contributed by atoms with Crippen LogP contribution in [0, 0.1) is 6.92 Å². The Hall–Kier alpha value is -1.20. The predicted molar refractivity (Wildman–Crippen MR) is 81.0 cm³/mol. The van der Waals surface area contributed by atoms with Crippen molar-refractivity contribution < 1.29 is 0 Å². The molecule has 2 heterocycles. The van der Waals surface area contributed by atoms with Gasteiger partial charge in [-0.2, -0.15) is 0 Å². The molecule has 2 fully saturated rings. The lowest BCUT2D eigenvalue weighted by Gasteiger charge is -2.21. The fraction of sp³-hybridized carbons (Fsp3) is 0.733. The van der Waals surface area contributed by atoms with Crippen molar-refractivity contribution in [3.63, 3.8) is 0 Å². The van der Waals surface area contributed by atoms with Crippen molar-refractivity contribution in [3.05, 3.63) is 17.5 Å². The van der Waals surface area contributed by atoms with Gasteiger partial charge in [0.05, 0.1) is 0 Å². The number of anilines is 1. The summed E-state index contributed by atoms with van der Waals surface area (Å²) < 4.78 is 0. The van der Waals surface area contributed by atoms with Crippen molar-refractivity contribution in [2.45, 2.75) is 38.8 Å². The van der Waals surface area contributed by atoms with E-state index in [0.717, 1.165) is 43.9 Å². The minimum Gasteiger partial charge on any atom is -0.339 e. The zero-order valence-corrected chi connectivity index (χ0v) is 12.6. The average Bonchev–Trinajstić information content (AvgIpc) is 3.25. The first-order chi connectivity index (χ1) is 9.72. The predicted octanol–water partition coefficient (Wildman–Crippen LogP) is 1.18. The van der Waals surface area contributed by atoms with Gasteiger partial charge >= 0.3 is 0 Å². The van der Waals surface area contributed by atoms with Gasteiger partial charge in [-0.3, -0.25) is 0 Å². The van der Waals surface area contributed by atoms with Gasteiger partial charge in [0.2, 0.25) is 5.95 Å². The molecule has 1 saturated carbocycles. The quantitative estimate of drug-likeness (QED) is 0.894. The molecule has 3 rings (SSSR count). The van der Waals surface area contributed by atoms with E-state index in [1.807, 2.05) is 6.20 Å². The van der Waals surface area contributed by atoms with E-state index < -0.39 is 0 Å². The topological polar surface area (TPSA) is 44.3 Å². The van der Waals surface area contributed by atoms with E-state index >= 15 is 0 Å². The second-order valence-electron chi connectivity index (χ2n) is 6.08. The molecule has 1 N–H and O–H groups in total. The Morgan fingerprint density at radius 3 is 2.85 bits per heavy atom. The summed E-state index contributed by atoms with van der Waals surface area (Å²) in [5.74, 6) is 0.896. The van der Waals surface area contributed by atoms with Gasteiger partial charge in [-0.05, 0) is 39.8 Å². The van der Waals surface area contributed by atoms with Gasteiger partial charge in [-0.25, -0.2) is 9.97 Å². The summed E-state index contributed by atoms with van der Waals surface area (Å²) >= 11 is 0. The van der Waals surface area contributed by atoms with Crippen molar-refractivity contribution in [1.29, 1.82) is 0 Å². The Kier molecular flexibility index (Phi) is 4.17. The molecule has 0 spiro atoms. The Bertz CT molecular complexity index is 458. The number of nitrogens with zero attached hydrogens (tertiary/aromatic N) is 4. The van der Waals surface area contributed by atoms with E-state index in [1.165, 1.54) is 31.4 Å². The number of rotatable bonds is 4. The fourth-order valence-electron chi connectivity index (χ4n) is 2.59. The van der Waals surface area contributed by atoms with Gasteiger partial charge < -0.3 is 15.1 Å². The van der Waals surface area contributed by atoms with Crippen molar-refractivity contribution >= 4 is 5.95 Å². The molecule has 1 aromatic rings. The molecule has 2 aliphatic rings. The van der Waals surface area contributed by atoms with Crippen molar-refractivity contribution in [3.8, 4) is 0 Å². The van der Waals surface area contributed by atoms with Gasteiger partial charge in [0.1, 0.15) is 0 Å². The van der Waals surface area contributed by atoms with Gasteiger partial charge in [-0.15, -0.1) is 0 Å². The summed E-state index contributed by atoms with van der Waals surface area (Å²) in [5, 5.41) is 3.53. The highest BCUT2D eigenvalue weighted by atomic mass is 15.3. The molecule has 0 atom stereocenters. The maximum absolute atomic E-state index is 4.72. The average molecular weight is 275 g/mol. The number of nitrogens with one attached hydrogen (secondary N) is 1. The number of hydrogen-bond acceptors (Lipinski definition) is 5. The minimum atomic E-state index is 0.732. The molecular formula is C15H25N5. The smallest absolute Gasteiger partial charge is 0.225 e. The van der Waals surface area contributed by atoms with Crippen LogP contribution in [0.5, 0.6) is 0 Å². The van der Waals surface area contributed by atoms with Crippen LogP contribution in [0.15, 0.2) is 6.20 Å². The zero-order chi connectivity index (χ0) is 13.9. The Morgan fingerprint density at radius 2 is 2.10 bits per heavy atom. The number of likely N-dealkylation sites (N-methyl/N-ethyl adjacent to an activating group) is 1. The maximum atomic E-state index is 4.72. The summed E-state index contributed by atoms with van der Waals surface area (Å²) in [6.45, 7) is 7.34. The van der Waals surface area contributed by atoms with Crippen LogP contribution in [0.25, 0.3) is 0 Å². The lowest BCUT2D eigenvalue weighted by Crippen LogP contribution is -2.30. The van der Waals surface area contributed by atoms with Crippen LogP contribution in [0.3, 0.4) is 0 Å². The Labute approximate surface area is 121 Å². The highest BCUT2D eigenvalue weighted by Crippen LogP contribution is 2.20. The molecule has 110 valence electrons. The largest absolute Gasteiger partial charge is 0.339 e. The summed E-state index contributed by atoms with van der Waals surface area (Å²) in [5.41, 5.74) is 2.34. The number of hydrogen-bond donors (Lipinski definition) is 1. The molecule has 1 saturated heterocycles. The van der Waals surface area contributed by atoms with Crippen LogP contribution < -0.4 is 10.2 Å². The molecule has 0 amide bonds. The van der Waals surface area contributed by atoms with Crippen molar-refractivity contribution in [2.75, 3.05) is 38.1 Å². The summed E-state index contributed by atoms with van der Waals surface area (Å²) in [6, 6.07) is 0.732. The monoisotopic (exact) mass is 275 g/mol. The van der Waals surface area contributed by atoms with E-state index in [2.05, 4.69) is 34.1 Å². The van der Waals surface area contributed by atoms with Crippen LogP contribution in [-0.4, -0.2) is 54.1 Å². The summed E-state index contributed by atoms with van der Waals surface area (Å²) in [7, 11) is 2.18. The third-order valence-corrected chi connectivity index (χ3v) is 4.23. The van der Waals surface area contributed by atoms with Crippen LogP contribution in [0.4, 0.5) is 5.95 Å². The van der Waals surface area contributed by atoms with E-state index in [4.69, 9.17) is 4.98 Å². The second kappa shape index (κ2) is 6.06. The van der Waals surface area contributed by atoms with E-state index in [9.17, 15) is 0 Å².